The Morgan fingerprint density at radius 1 is 1.11 bits per heavy atom. The summed E-state index contributed by atoms with van der Waals surface area (Å²) in [6.45, 7) is 4.76. The van der Waals surface area contributed by atoms with Crippen LogP contribution in [-0.4, -0.2) is 6.61 Å². The van der Waals surface area contributed by atoms with Gasteiger partial charge in [0.05, 0.1) is 6.61 Å². The fourth-order valence-electron chi connectivity index (χ4n) is 2.21. The Hall–Kier alpha value is -1.80. The van der Waals surface area contributed by atoms with Gasteiger partial charge in [0.25, 0.3) is 0 Å². The molecular weight excluding hydrogens is 234 g/mol. The molecular formula is C17H21NO. The first-order valence-electron chi connectivity index (χ1n) is 6.73. The summed E-state index contributed by atoms with van der Waals surface area (Å²) in [7, 11) is 0. The maximum absolute atomic E-state index is 6.29. The largest absolute Gasteiger partial charge is 0.494 e. The highest BCUT2D eigenvalue weighted by Crippen LogP contribution is 2.21. The highest BCUT2D eigenvalue weighted by Gasteiger charge is 2.08. The van der Waals surface area contributed by atoms with Gasteiger partial charge in [-0.3, -0.25) is 0 Å². The Kier molecular flexibility index (Phi) is 4.58. The highest BCUT2D eigenvalue weighted by atomic mass is 16.5. The normalized spacial score (nSPS) is 12.2. The molecule has 2 aromatic carbocycles. The van der Waals surface area contributed by atoms with Crippen molar-refractivity contribution in [1.29, 1.82) is 0 Å². The van der Waals surface area contributed by atoms with Crippen molar-refractivity contribution >= 4 is 0 Å². The Morgan fingerprint density at radius 2 is 1.89 bits per heavy atom. The zero-order valence-electron chi connectivity index (χ0n) is 11.6. The molecule has 0 spiro atoms. The van der Waals surface area contributed by atoms with Gasteiger partial charge in [-0.1, -0.05) is 42.0 Å². The second-order valence-electron chi connectivity index (χ2n) is 4.81. The van der Waals surface area contributed by atoms with E-state index in [4.69, 9.17) is 10.5 Å². The molecule has 0 bridgehead atoms. The van der Waals surface area contributed by atoms with Crippen LogP contribution < -0.4 is 10.5 Å². The third-order valence-electron chi connectivity index (χ3n) is 3.14. The van der Waals surface area contributed by atoms with Gasteiger partial charge in [-0.2, -0.15) is 0 Å². The van der Waals surface area contributed by atoms with Crippen molar-refractivity contribution in [3.05, 3.63) is 65.2 Å². The van der Waals surface area contributed by atoms with Crippen LogP contribution in [0.1, 0.15) is 29.7 Å². The zero-order chi connectivity index (χ0) is 13.7. The van der Waals surface area contributed by atoms with Gasteiger partial charge in [-0.05, 0) is 43.5 Å². The number of rotatable bonds is 5. The lowest BCUT2D eigenvalue weighted by molar-refractivity contribution is 0.339. The summed E-state index contributed by atoms with van der Waals surface area (Å²) < 4.78 is 5.51. The minimum Gasteiger partial charge on any atom is -0.494 e. The third-order valence-corrected chi connectivity index (χ3v) is 3.14. The molecule has 1 unspecified atom stereocenters. The number of aryl methyl sites for hydroxylation is 1. The fourth-order valence-corrected chi connectivity index (χ4v) is 2.21. The number of hydrogen-bond donors (Lipinski definition) is 1. The monoisotopic (exact) mass is 255 g/mol. The van der Waals surface area contributed by atoms with Crippen molar-refractivity contribution in [2.75, 3.05) is 6.61 Å². The predicted octanol–water partition coefficient (Wildman–Crippen LogP) is 3.64. The van der Waals surface area contributed by atoms with Crippen molar-refractivity contribution in [3.8, 4) is 5.75 Å². The molecule has 2 heteroatoms. The Labute approximate surface area is 115 Å². The van der Waals surface area contributed by atoms with Gasteiger partial charge in [-0.25, -0.2) is 0 Å². The molecule has 0 aliphatic rings. The molecule has 2 N–H and O–H groups in total. The van der Waals surface area contributed by atoms with Gasteiger partial charge in [0, 0.05) is 6.04 Å². The molecule has 0 radical (unpaired) electrons. The van der Waals surface area contributed by atoms with Gasteiger partial charge in [0.1, 0.15) is 5.75 Å². The molecule has 2 rings (SSSR count). The highest BCUT2D eigenvalue weighted by molar-refractivity contribution is 5.32. The average molecular weight is 255 g/mol. The molecule has 1 atom stereocenters. The van der Waals surface area contributed by atoms with Gasteiger partial charge in [0.2, 0.25) is 0 Å². The number of ether oxygens (including phenoxy) is 1. The first-order chi connectivity index (χ1) is 9.19. The first kappa shape index (κ1) is 13.6. The smallest absolute Gasteiger partial charge is 0.119 e. The van der Waals surface area contributed by atoms with Crippen LogP contribution in [0.5, 0.6) is 5.75 Å². The molecule has 0 aliphatic carbocycles. The molecule has 0 heterocycles. The topological polar surface area (TPSA) is 35.2 Å². The molecule has 0 aromatic heterocycles. The van der Waals surface area contributed by atoms with Crippen molar-refractivity contribution < 1.29 is 4.74 Å². The SMILES string of the molecule is CCOc1cccc(C(N)Cc2cccc(C)c2)c1. The van der Waals surface area contributed by atoms with E-state index in [2.05, 4.69) is 37.3 Å². The molecule has 0 fully saturated rings. The fraction of sp³-hybridized carbons (Fsp3) is 0.294. The number of hydrogen-bond acceptors (Lipinski definition) is 2. The standard InChI is InChI=1S/C17H21NO/c1-3-19-16-9-5-8-15(12-16)17(18)11-14-7-4-6-13(2)10-14/h4-10,12,17H,3,11,18H2,1-2H3. The van der Waals surface area contributed by atoms with Gasteiger partial charge >= 0.3 is 0 Å². The summed E-state index contributed by atoms with van der Waals surface area (Å²) >= 11 is 0. The summed E-state index contributed by atoms with van der Waals surface area (Å²) in [6.07, 6.45) is 0.845. The molecule has 100 valence electrons. The van der Waals surface area contributed by atoms with Crippen molar-refractivity contribution in [1.82, 2.24) is 0 Å². The van der Waals surface area contributed by atoms with Crippen LogP contribution in [0.4, 0.5) is 0 Å². The van der Waals surface area contributed by atoms with Crippen LogP contribution in [0.15, 0.2) is 48.5 Å². The maximum atomic E-state index is 6.29. The minimum absolute atomic E-state index is 0.00204. The lowest BCUT2D eigenvalue weighted by atomic mass is 9.98. The van der Waals surface area contributed by atoms with Gasteiger partial charge < -0.3 is 10.5 Å². The quantitative estimate of drug-likeness (QED) is 0.885. The molecule has 2 aromatic rings. The molecule has 0 amide bonds. The van der Waals surface area contributed by atoms with Crippen molar-refractivity contribution in [2.45, 2.75) is 26.3 Å². The van der Waals surface area contributed by atoms with E-state index in [1.165, 1.54) is 11.1 Å². The Morgan fingerprint density at radius 3 is 2.63 bits per heavy atom. The van der Waals surface area contributed by atoms with Gasteiger partial charge in [-0.15, -0.1) is 0 Å². The van der Waals surface area contributed by atoms with Crippen molar-refractivity contribution in [2.24, 2.45) is 5.73 Å². The van der Waals surface area contributed by atoms with Crippen LogP contribution in [0.25, 0.3) is 0 Å². The van der Waals surface area contributed by atoms with Crippen LogP contribution in [0.3, 0.4) is 0 Å². The summed E-state index contributed by atoms with van der Waals surface area (Å²) in [4.78, 5) is 0. The van der Waals surface area contributed by atoms with E-state index in [1.807, 2.05) is 25.1 Å². The molecule has 2 nitrogen and oxygen atoms in total. The summed E-state index contributed by atoms with van der Waals surface area (Å²) in [5.41, 5.74) is 9.95. The lowest BCUT2D eigenvalue weighted by Gasteiger charge is -2.14. The van der Waals surface area contributed by atoms with Crippen LogP contribution in [0, 0.1) is 6.92 Å². The maximum Gasteiger partial charge on any atom is 0.119 e. The van der Waals surface area contributed by atoms with Crippen LogP contribution >= 0.6 is 0 Å². The van der Waals surface area contributed by atoms with E-state index < -0.39 is 0 Å². The third kappa shape index (κ3) is 3.83. The van der Waals surface area contributed by atoms with E-state index >= 15 is 0 Å². The van der Waals surface area contributed by atoms with E-state index in [-0.39, 0.29) is 6.04 Å². The summed E-state index contributed by atoms with van der Waals surface area (Å²) in [5, 5.41) is 0. The van der Waals surface area contributed by atoms with Crippen molar-refractivity contribution in [3.63, 3.8) is 0 Å². The van der Waals surface area contributed by atoms with Gasteiger partial charge in [0.15, 0.2) is 0 Å². The van der Waals surface area contributed by atoms with E-state index in [1.54, 1.807) is 0 Å². The minimum atomic E-state index is 0.00204. The Bertz CT molecular complexity index is 536. The molecule has 0 aliphatic heterocycles. The predicted molar refractivity (Wildman–Crippen MR) is 79.4 cm³/mol. The Balaban J connectivity index is 2.11. The van der Waals surface area contributed by atoms with Crippen LogP contribution in [-0.2, 0) is 6.42 Å². The lowest BCUT2D eigenvalue weighted by Crippen LogP contribution is -2.13. The van der Waals surface area contributed by atoms with E-state index in [9.17, 15) is 0 Å². The van der Waals surface area contributed by atoms with Crippen LogP contribution in [0.2, 0.25) is 0 Å². The summed E-state index contributed by atoms with van der Waals surface area (Å²) in [5.74, 6) is 0.889. The molecule has 19 heavy (non-hydrogen) atoms. The second kappa shape index (κ2) is 6.39. The molecule has 0 saturated heterocycles. The summed E-state index contributed by atoms with van der Waals surface area (Å²) in [6, 6.07) is 16.5. The average Bonchev–Trinajstić information content (AvgIpc) is 2.39. The van der Waals surface area contributed by atoms with E-state index in [0.717, 1.165) is 17.7 Å². The second-order valence-corrected chi connectivity index (χ2v) is 4.81. The zero-order valence-corrected chi connectivity index (χ0v) is 11.6. The first-order valence-corrected chi connectivity index (χ1v) is 6.73. The number of benzene rings is 2. The molecule has 0 saturated carbocycles. The van der Waals surface area contributed by atoms with E-state index in [0.29, 0.717) is 6.61 Å². The number of nitrogens with two attached hydrogens (primary N) is 1.